The van der Waals surface area contributed by atoms with E-state index in [1.807, 2.05) is 12.1 Å². The first-order chi connectivity index (χ1) is 9.54. The molecule has 0 fully saturated rings. The smallest absolute Gasteiger partial charge is 0.248 e. The van der Waals surface area contributed by atoms with Crippen molar-refractivity contribution < 1.29 is 4.79 Å². The Labute approximate surface area is 130 Å². The number of anilines is 2. The van der Waals surface area contributed by atoms with Crippen LogP contribution in [-0.4, -0.2) is 5.91 Å². The van der Waals surface area contributed by atoms with E-state index in [0.29, 0.717) is 16.4 Å². The molecule has 3 N–H and O–H groups in total. The molecule has 20 heavy (non-hydrogen) atoms. The molecule has 0 aromatic heterocycles. The highest BCUT2D eigenvalue weighted by molar-refractivity contribution is 9.10. The fourth-order valence-corrected chi connectivity index (χ4v) is 2.02. The fraction of sp³-hybridized carbons (Fsp3) is 0. The minimum atomic E-state index is -0.231. The lowest BCUT2D eigenvalue weighted by molar-refractivity contribution is -0.111. The van der Waals surface area contributed by atoms with Gasteiger partial charge in [-0.3, -0.25) is 4.79 Å². The van der Waals surface area contributed by atoms with Crippen LogP contribution in [0, 0.1) is 0 Å². The van der Waals surface area contributed by atoms with Gasteiger partial charge in [-0.1, -0.05) is 23.7 Å². The molecule has 0 aliphatic heterocycles. The van der Waals surface area contributed by atoms with E-state index in [1.54, 1.807) is 36.4 Å². The van der Waals surface area contributed by atoms with Gasteiger partial charge in [0.2, 0.25) is 5.91 Å². The minimum Gasteiger partial charge on any atom is -0.399 e. The Morgan fingerprint density at radius 2 is 2.05 bits per heavy atom. The molecule has 5 heteroatoms. The van der Waals surface area contributed by atoms with Crippen molar-refractivity contribution in [2.45, 2.75) is 0 Å². The number of nitrogen functional groups attached to an aromatic ring is 1. The first kappa shape index (κ1) is 14.6. The zero-order valence-electron chi connectivity index (χ0n) is 10.4. The van der Waals surface area contributed by atoms with Crippen LogP contribution in [0.2, 0.25) is 5.02 Å². The second-order valence-electron chi connectivity index (χ2n) is 4.12. The van der Waals surface area contributed by atoms with Crippen LogP contribution in [0.3, 0.4) is 0 Å². The summed E-state index contributed by atoms with van der Waals surface area (Å²) >= 11 is 9.25. The molecule has 2 aromatic carbocycles. The summed E-state index contributed by atoms with van der Waals surface area (Å²) in [6.45, 7) is 0. The highest BCUT2D eigenvalue weighted by Gasteiger charge is 2.01. The number of carbonyl (C=O) groups is 1. The molecule has 0 radical (unpaired) electrons. The van der Waals surface area contributed by atoms with E-state index >= 15 is 0 Å². The average molecular weight is 352 g/mol. The third-order valence-corrected chi connectivity index (χ3v) is 3.76. The monoisotopic (exact) mass is 350 g/mol. The van der Waals surface area contributed by atoms with Crippen LogP contribution in [0.4, 0.5) is 11.4 Å². The number of amides is 1. The van der Waals surface area contributed by atoms with Crippen LogP contribution in [0.1, 0.15) is 5.56 Å². The number of nitrogens with two attached hydrogens (primary N) is 1. The standard InChI is InChI=1S/C15H12BrClN2O/c16-13-6-5-12(9-14(13)17)19-15(20)7-4-10-2-1-3-11(18)8-10/h1-9H,18H2,(H,19,20)/b7-4+. The Bertz CT molecular complexity index is 671. The van der Waals surface area contributed by atoms with Gasteiger partial charge in [0.15, 0.2) is 0 Å². The second-order valence-corrected chi connectivity index (χ2v) is 5.38. The van der Waals surface area contributed by atoms with Crippen LogP contribution in [-0.2, 0) is 4.79 Å². The van der Waals surface area contributed by atoms with E-state index in [1.165, 1.54) is 6.08 Å². The summed E-state index contributed by atoms with van der Waals surface area (Å²) < 4.78 is 0.785. The Morgan fingerprint density at radius 1 is 1.25 bits per heavy atom. The highest BCUT2D eigenvalue weighted by atomic mass is 79.9. The average Bonchev–Trinajstić information content (AvgIpc) is 2.41. The summed E-state index contributed by atoms with van der Waals surface area (Å²) in [6.07, 6.45) is 3.15. The predicted octanol–water partition coefficient (Wildman–Crippen LogP) is 4.34. The second kappa shape index (κ2) is 6.59. The van der Waals surface area contributed by atoms with Crippen molar-refractivity contribution in [3.8, 4) is 0 Å². The van der Waals surface area contributed by atoms with Crippen molar-refractivity contribution in [1.82, 2.24) is 0 Å². The summed E-state index contributed by atoms with van der Waals surface area (Å²) in [5.41, 5.74) is 7.83. The summed E-state index contributed by atoms with van der Waals surface area (Å²) in [7, 11) is 0. The third kappa shape index (κ3) is 4.11. The predicted molar refractivity (Wildman–Crippen MR) is 87.7 cm³/mol. The Balaban J connectivity index is 2.03. The topological polar surface area (TPSA) is 55.1 Å². The highest BCUT2D eigenvalue weighted by Crippen LogP contribution is 2.25. The maximum atomic E-state index is 11.8. The van der Waals surface area contributed by atoms with Gasteiger partial charge in [-0.2, -0.15) is 0 Å². The number of nitrogens with one attached hydrogen (secondary N) is 1. The lowest BCUT2D eigenvalue weighted by Crippen LogP contribution is -2.07. The maximum Gasteiger partial charge on any atom is 0.248 e. The van der Waals surface area contributed by atoms with E-state index in [2.05, 4.69) is 21.2 Å². The van der Waals surface area contributed by atoms with Gasteiger partial charge >= 0.3 is 0 Å². The zero-order valence-corrected chi connectivity index (χ0v) is 12.8. The first-order valence-electron chi connectivity index (χ1n) is 5.84. The van der Waals surface area contributed by atoms with Crippen molar-refractivity contribution in [3.05, 3.63) is 63.6 Å². The molecule has 1 amide bonds. The number of hydrogen-bond donors (Lipinski definition) is 2. The van der Waals surface area contributed by atoms with E-state index < -0.39 is 0 Å². The molecule has 0 saturated carbocycles. The van der Waals surface area contributed by atoms with E-state index in [-0.39, 0.29) is 5.91 Å². The van der Waals surface area contributed by atoms with Crippen LogP contribution in [0.15, 0.2) is 53.0 Å². The maximum absolute atomic E-state index is 11.8. The van der Waals surface area contributed by atoms with E-state index in [4.69, 9.17) is 17.3 Å². The number of carbonyl (C=O) groups excluding carboxylic acids is 1. The number of hydrogen-bond acceptors (Lipinski definition) is 2. The van der Waals surface area contributed by atoms with Crippen LogP contribution in [0.5, 0.6) is 0 Å². The summed E-state index contributed by atoms with van der Waals surface area (Å²) in [5, 5.41) is 3.28. The summed E-state index contributed by atoms with van der Waals surface area (Å²) in [6, 6.07) is 12.5. The lowest BCUT2D eigenvalue weighted by Gasteiger charge is -2.03. The minimum absolute atomic E-state index is 0.231. The van der Waals surface area contributed by atoms with Crippen molar-refractivity contribution in [1.29, 1.82) is 0 Å². The first-order valence-corrected chi connectivity index (χ1v) is 7.01. The molecule has 0 unspecified atom stereocenters. The molecule has 0 atom stereocenters. The largest absolute Gasteiger partial charge is 0.399 e. The molecule has 0 heterocycles. The van der Waals surface area contributed by atoms with E-state index in [0.717, 1.165) is 10.0 Å². The van der Waals surface area contributed by atoms with Gasteiger partial charge in [0.1, 0.15) is 0 Å². The SMILES string of the molecule is Nc1cccc(/C=C/C(=O)Nc2ccc(Br)c(Cl)c2)c1. The molecular formula is C15H12BrClN2O. The molecule has 0 bridgehead atoms. The fourth-order valence-electron chi connectivity index (χ4n) is 1.59. The Kier molecular flexibility index (Phi) is 4.82. The van der Waals surface area contributed by atoms with Crippen molar-refractivity contribution in [3.63, 3.8) is 0 Å². The third-order valence-electron chi connectivity index (χ3n) is 2.52. The number of halogens is 2. The Morgan fingerprint density at radius 3 is 2.75 bits per heavy atom. The van der Waals surface area contributed by atoms with Crippen molar-refractivity contribution >= 4 is 50.9 Å². The quantitative estimate of drug-likeness (QED) is 0.638. The van der Waals surface area contributed by atoms with Gasteiger partial charge < -0.3 is 11.1 Å². The van der Waals surface area contributed by atoms with Gasteiger partial charge in [-0.15, -0.1) is 0 Å². The lowest BCUT2D eigenvalue weighted by atomic mass is 10.2. The van der Waals surface area contributed by atoms with Crippen molar-refractivity contribution in [2.24, 2.45) is 0 Å². The van der Waals surface area contributed by atoms with Gasteiger partial charge in [0.05, 0.1) is 5.02 Å². The van der Waals surface area contributed by atoms with Crippen LogP contribution < -0.4 is 11.1 Å². The molecular weight excluding hydrogens is 340 g/mol. The molecule has 0 aliphatic rings. The van der Waals surface area contributed by atoms with Gasteiger partial charge in [0.25, 0.3) is 0 Å². The van der Waals surface area contributed by atoms with Gasteiger partial charge in [0, 0.05) is 21.9 Å². The van der Waals surface area contributed by atoms with Crippen LogP contribution >= 0.6 is 27.5 Å². The molecule has 2 aromatic rings. The van der Waals surface area contributed by atoms with Crippen LogP contribution in [0.25, 0.3) is 6.08 Å². The van der Waals surface area contributed by atoms with E-state index in [9.17, 15) is 4.79 Å². The van der Waals surface area contributed by atoms with Gasteiger partial charge in [-0.05, 0) is 57.9 Å². The zero-order chi connectivity index (χ0) is 14.5. The van der Waals surface area contributed by atoms with Crippen molar-refractivity contribution in [2.75, 3.05) is 11.1 Å². The summed E-state index contributed by atoms with van der Waals surface area (Å²) in [5.74, 6) is -0.231. The summed E-state index contributed by atoms with van der Waals surface area (Å²) in [4.78, 5) is 11.8. The number of rotatable bonds is 3. The molecule has 0 spiro atoms. The molecule has 0 aliphatic carbocycles. The normalized spacial score (nSPS) is 10.7. The molecule has 3 nitrogen and oxygen atoms in total. The molecule has 2 rings (SSSR count). The molecule has 102 valence electrons. The molecule has 0 saturated heterocycles. The van der Waals surface area contributed by atoms with Gasteiger partial charge in [-0.25, -0.2) is 0 Å². The Hall–Kier alpha value is -1.78. The number of benzene rings is 2.